The second-order valence-electron chi connectivity index (χ2n) is 6.71. The smallest absolute Gasteiger partial charge is 0.339 e. The van der Waals surface area contributed by atoms with Gasteiger partial charge in [-0.15, -0.1) is 0 Å². The molecule has 1 aliphatic rings. The predicted octanol–water partition coefficient (Wildman–Crippen LogP) is 0.390. The zero-order valence-electron chi connectivity index (χ0n) is 17.7. The first-order valence-electron chi connectivity index (χ1n) is 9.38. The molecule has 1 aromatic carbocycles. The summed E-state index contributed by atoms with van der Waals surface area (Å²) in [5.41, 5.74) is 0.260. The topological polar surface area (TPSA) is 144 Å². The molecule has 0 spiro atoms. The average Bonchev–Trinajstić information content (AvgIpc) is 2.71. The van der Waals surface area contributed by atoms with E-state index in [4.69, 9.17) is 28.8 Å². The number of methoxy groups -OCH3 is 1. The van der Waals surface area contributed by atoms with Crippen LogP contribution < -0.4 is 4.74 Å². The molecule has 0 aromatic heterocycles. The van der Waals surface area contributed by atoms with Crippen molar-refractivity contribution in [3.63, 3.8) is 0 Å². The molecular weight excluding hydrogens is 435 g/mol. The summed E-state index contributed by atoms with van der Waals surface area (Å²) in [5.74, 6) is -4.83. The minimum Gasteiger partial charge on any atom is -0.467 e. The third kappa shape index (κ3) is 6.14. The molecular formula is C20H23FO11. The van der Waals surface area contributed by atoms with Gasteiger partial charge in [0.25, 0.3) is 0 Å². The Morgan fingerprint density at radius 3 is 2.03 bits per heavy atom. The molecule has 2 rings (SSSR count). The standard InChI is InChI=1S/C20H23FO11/c1-9(23)28-15-16(29-10(2)24)18(30-11(3)25)20(32-17(15)19(26)27-4)31-14-6-5-12(8-22)7-13(14)21/h5-7,15-18,20,22H,8H2,1-4H3/t15-,16-,17-,18+,20+/m0/s1. The highest BCUT2D eigenvalue weighted by molar-refractivity contribution is 5.77. The fourth-order valence-electron chi connectivity index (χ4n) is 3.04. The van der Waals surface area contributed by atoms with Crippen LogP contribution in [0.1, 0.15) is 26.3 Å². The van der Waals surface area contributed by atoms with E-state index in [2.05, 4.69) is 4.74 Å². The molecule has 1 N–H and O–H groups in total. The monoisotopic (exact) mass is 458 g/mol. The maximum atomic E-state index is 14.4. The molecule has 12 heteroatoms. The van der Waals surface area contributed by atoms with Gasteiger partial charge in [-0.05, 0) is 17.7 Å². The number of aliphatic hydroxyl groups is 1. The summed E-state index contributed by atoms with van der Waals surface area (Å²) in [7, 11) is 1.04. The molecule has 32 heavy (non-hydrogen) atoms. The third-order valence-electron chi connectivity index (χ3n) is 4.26. The Kier molecular flexibility index (Phi) is 8.49. The fourth-order valence-corrected chi connectivity index (χ4v) is 3.04. The van der Waals surface area contributed by atoms with Crippen LogP contribution in [0.3, 0.4) is 0 Å². The number of hydrogen-bond donors (Lipinski definition) is 1. The summed E-state index contributed by atoms with van der Waals surface area (Å²) in [4.78, 5) is 47.4. The number of aliphatic hydroxyl groups excluding tert-OH is 1. The van der Waals surface area contributed by atoms with E-state index in [1.165, 1.54) is 12.1 Å². The maximum Gasteiger partial charge on any atom is 0.339 e. The van der Waals surface area contributed by atoms with Crippen molar-refractivity contribution in [2.24, 2.45) is 0 Å². The molecule has 1 heterocycles. The first-order valence-corrected chi connectivity index (χ1v) is 9.38. The van der Waals surface area contributed by atoms with Crippen LogP contribution in [-0.4, -0.2) is 66.8 Å². The zero-order chi connectivity index (χ0) is 24.0. The van der Waals surface area contributed by atoms with Crippen molar-refractivity contribution in [2.45, 2.75) is 58.1 Å². The van der Waals surface area contributed by atoms with Gasteiger partial charge in [0.2, 0.25) is 12.4 Å². The predicted molar refractivity (Wildman–Crippen MR) is 100 cm³/mol. The molecule has 0 amide bonds. The first-order chi connectivity index (χ1) is 15.1. The van der Waals surface area contributed by atoms with Gasteiger partial charge in [0.15, 0.2) is 29.9 Å². The fraction of sp³-hybridized carbons (Fsp3) is 0.500. The number of esters is 4. The summed E-state index contributed by atoms with van der Waals surface area (Å²) in [6.45, 7) is 2.71. The highest BCUT2D eigenvalue weighted by Gasteiger charge is 2.55. The molecule has 1 aromatic rings. The Morgan fingerprint density at radius 1 is 0.969 bits per heavy atom. The molecule has 5 atom stereocenters. The molecule has 176 valence electrons. The number of benzene rings is 1. The summed E-state index contributed by atoms with van der Waals surface area (Å²) in [6.07, 6.45) is -8.00. The van der Waals surface area contributed by atoms with Gasteiger partial charge in [-0.2, -0.15) is 0 Å². The highest BCUT2D eigenvalue weighted by Crippen LogP contribution is 2.32. The van der Waals surface area contributed by atoms with Gasteiger partial charge in [0.05, 0.1) is 13.7 Å². The lowest BCUT2D eigenvalue weighted by Gasteiger charge is -2.43. The van der Waals surface area contributed by atoms with Crippen LogP contribution >= 0.6 is 0 Å². The van der Waals surface area contributed by atoms with Crippen molar-refractivity contribution in [3.8, 4) is 5.75 Å². The second kappa shape index (κ2) is 10.9. The van der Waals surface area contributed by atoms with Crippen molar-refractivity contribution in [3.05, 3.63) is 29.6 Å². The molecule has 1 saturated heterocycles. The molecule has 0 unspecified atom stereocenters. The number of ether oxygens (including phenoxy) is 6. The summed E-state index contributed by atoms with van der Waals surface area (Å²) in [5, 5.41) is 9.13. The Morgan fingerprint density at radius 2 is 1.53 bits per heavy atom. The van der Waals surface area contributed by atoms with E-state index < -0.39 is 67.0 Å². The van der Waals surface area contributed by atoms with Gasteiger partial charge in [0, 0.05) is 20.8 Å². The van der Waals surface area contributed by atoms with Crippen LogP contribution in [0.15, 0.2) is 18.2 Å². The highest BCUT2D eigenvalue weighted by atomic mass is 19.1. The van der Waals surface area contributed by atoms with E-state index in [-0.39, 0.29) is 11.3 Å². The summed E-state index contributed by atoms with van der Waals surface area (Å²) < 4.78 is 45.6. The van der Waals surface area contributed by atoms with Crippen molar-refractivity contribution in [2.75, 3.05) is 7.11 Å². The van der Waals surface area contributed by atoms with E-state index in [1.54, 1.807) is 0 Å². The number of hydrogen-bond acceptors (Lipinski definition) is 11. The minimum atomic E-state index is -1.67. The summed E-state index contributed by atoms with van der Waals surface area (Å²) >= 11 is 0. The molecule has 1 aliphatic heterocycles. The maximum absolute atomic E-state index is 14.4. The van der Waals surface area contributed by atoms with Crippen LogP contribution in [-0.2, 0) is 49.5 Å². The zero-order valence-corrected chi connectivity index (χ0v) is 17.7. The van der Waals surface area contributed by atoms with Crippen LogP contribution in [0.2, 0.25) is 0 Å². The van der Waals surface area contributed by atoms with E-state index in [9.17, 15) is 23.6 Å². The number of carbonyl (C=O) groups excluding carboxylic acids is 4. The van der Waals surface area contributed by atoms with E-state index in [0.29, 0.717) is 0 Å². The van der Waals surface area contributed by atoms with Crippen molar-refractivity contribution in [1.29, 1.82) is 0 Å². The van der Waals surface area contributed by atoms with Crippen molar-refractivity contribution < 1.29 is 57.1 Å². The lowest BCUT2D eigenvalue weighted by atomic mass is 9.97. The second-order valence-corrected chi connectivity index (χ2v) is 6.71. The molecule has 0 radical (unpaired) electrons. The Hall–Kier alpha value is -3.25. The lowest BCUT2D eigenvalue weighted by Crippen LogP contribution is -2.64. The van der Waals surface area contributed by atoms with Crippen LogP contribution in [0.25, 0.3) is 0 Å². The van der Waals surface area contributed by atoms with Crippen LogP contribution in [0.4, 0.5) is 4.39 Å². The number of rotatable bonds is 7. The quantitative estimate of drug-likeness (QED) is 0.447. The number of carbonyl (C=O) groups is 4. The Balaban J connectivity index is 2.51. The van der Waals surface area contributed by atoms with Crippen LogP contribution in [0.5, 0.6) is 5.75 Å². The normalized spacial score (nSPS) is 24.8. The largest absolute Gasteiger partial charge is 0.467 e. The van der Waals surface area contributed by atoms with Gasteiger partial charge >= 0.3 is 23.9 Å². The number of halogens is 1. The van der Waals surface area contributed by atoms with E-state index in [0.717, 1.165) is 33.9 Å². The van der Waals surface area contributed by atoms with E-state index >= 15 is 0 Å². The van der Waals surface area contributed by atoms with Gasteiger partial charge in [-0.25, -0.2) is 9.18 Å². The lowest BCUT2D eigenvalue weighted by molar-refractivity contribution is -0.282. The van der Waals surface area contributed by atoms with Crippen LogP contribution in [0, 0.1) is 5.82 Å². The van der Waals surface area contributed by atoms with Gasteiger partial charge in [-0.1, -0.05) is 6.07 Å². The molecule has 1 fully saturated rings. The molecule has 0 saturated carbocycles. The third-order valence-corrected chi connectivity index (χ3v) is 4.26. The molecule has 0 bridgehead atoms. The van der Waals surface area contributed by atoms with Gasteiger partial charge in [-0.3, -0.25) is 14.4 Å². The van der Waals surface area contributed by atoms with E-state index in [1.807, 2.05) is 0 Å². The summed E-state index contributed by atoms with van der Waals surface area (Å²) in [6, 6.07) is 3.55. The SMILES string of the molecule is COC(=O)[C@H]1O[C@@H](Oc2ccc(CO)cc2F)[C@H](OC(C)=O)[C@@H](OC(C)=O)[C@@H]1OC(C)=O. The van der Waals surface area contributed by atoms with Gasteiger partial charge < -0.3 is 33.5 Å². The average molecular weight is 458 g/mol. The van der Waals surface area contributed by atoms with Crippen molar-refractivity contribution >= 4 is 23.9 Å². The Labute approximate surface area is 182 Å². The molecule has 0 aliphatic carbocycles. The Bertz CT molecular complexity index is 871. The van der Waals surface area contributed by atoms with Gasteiger partial charge in [0.1, 0.15) is 0 Å². The first kappa shape index (κ1) is 25.0. The minimum absolute atomic E-state index is 0.260. The van der Waals surface area contributed by atoms with Crippen molar-refractivity contribution in [1.82, 2.24) is 0 Å². The molecule has 11 nitrogen and oxygen atoms in total.